The van der Waals surface area contributed by atoms with E-state index in [9.17, 15) is 0 Å². The van der Waals surface area contributed by atoms with E-state index in [0.29, 0.717) is 0 Å². The van der Waals surface area contributed by atoms with Crippen LogP contribution in [0, 0.1) is 6.92 Å². The summed E-state index contributed by atoms with van der Waals surface area (Å²) in [4.78, 5) is 4.46. The molecular weight excluding hydrogens is 188 g/mol. The molecule has 0 saturated heterocycles. The lowest BCUT2D eigenvalue weighted by Crippen LogP contribution is -2.35. The van der Waals surface area contributed by atoms with Gasteiger partial charge in [-0.1, -0.05) is 0 Å². The van der Waals surface area contributed by atoms with E-state index in [-0.39, 0.29) is 5.54 Å². The van der Waals surface area contributed by atoms with E-state index in [0.717, 1.165) is 23.7 Å². The summed E-state index contributed by atoms with van der Waals surface area (Å²) in [5.74, 6) is 0.845. The molecule has 0 aliphatic heterocycles. The summed E-state index contributed by atoms with van der Waals surface area (Å²) in [6.07, 6.45) is 0. The predicted molar refractivity (Wildman–Crippen MR) is 62.1 cm³/mol. The molecule has 1 N–H and O–H groups in total. The highest BCUT2D eigenvalue weighted by atomic mass is 16.5. The summed E-state index contributed by atoms with van der Waals surface area (Å²) >= 11 is 0. The van der Waals surface area contributed by atoms with Crippen LogP contribution in [-0.2, 0) is 6.54 Å². The molecule has 84 valence electrons. The first kappa shape index (κ1) is 12.0. The molecule has 1 rings (SSSR count). The molecule has 0 aromatic carbocycles. The van der Waals surface area contributed by atoms with Gasteiger partial charge < -0.3 is 10.1 Å². The highest BCUT2D eigenvalue weighted by Crippen LogP contribution is 2.16. The first-order valence-electron chi connectivity index (χ1n) is 5.18. The lowest BCUT2D eigenvalue weighted by atomic mass is 10.1. The van der Waals surface area contributed by atoms with Crippen molar-refractivity contribution in [1.29, 1.82) is 0 Å². The largest absolute Gasteiger partial charge is 0.495 e. The number of aromatic nitrogens is 1. The van der Waals surface area contributed by atoms with Gasteiger partial charge in [0.25, 0.3) is 0 Å². The smallest absolute Gasteiger partial charge is 0.141 e. The maximum Gasteiger partial charge on any atom is 0.141 e. The minimum Gasteiger partial charge on any atom is -0.495 e. The lowest BCUT2D eigenvalue weighted by molar-refractivity contribution is 0.387. The molecule has 0 unspecified atom stereocenters. The number of pyridine rings is 1. The third-order valence-electron chi connectivity index (χ3n) is 2.08. The zero-order valence-electron chi connectivity index (χ0n) is 10.2. The number of nitrogens with one attached hydrogen (secondary N) is 1. The molecule has 0 spiro atoms. The number of rotatable bonds is 3. The van der Waals surface area contributed by atoms with Crippen LogP contribution in [0.25, 0.3) is 0 Å². The number of ether oxygens (including phenoxy) is 1. The summed E-state index contributed by atoms with van der Waals surface area (Å²) < 4.78 is 5.26. The van der Waals surface area contributed by atoms with Crippen LogP contribution in [0.4, 0.5) is 0 Å². The average molecular weight is 208 g/mol. The Hall–Kier alpha value is -1.09. The topological polar surface area (TPSA) is 34.1 Å². The molecule has 3 nitrogen and oxygen atoms in total. The Kier molecular flexibility index (Phi) is 3.69. The minimum atomic E-state index is 0.0937. The quantitative estimate of drug-likeness (QED) is 0.827. The Morgan fingerprint density at radius 1 is 1.33 bits per heavy atom. The minimum absolute atomic E-state index is 0.0937. The van der Waals surface area contributed by atoms with Crippen molar-refractivity contribution >= 4 is 0 Å². The molecule has 0 saturated carbocycles. The SMILES string of the molecule is COc1ccc(C)nc1CNC(C)(C)C. The molecule has 0 amide bonds. The van der Waals surface area contributed by atoms with Gasteiger partial charge in [0.05, 0.1) is 12.8 Å². The van der Waals surface area contributed by atoms with Crippen LogP contribution in [-0.4, -0.2) is 17.6 Å². The van der Waals surface area contributed by atoms with Gasteiger partial charge in [-0.15, -0.1) is 0 Å². The van der Waals surface area contributed by atoms with Crippen molar-refractivity contribution in [2.75, 3.05) is 7.11 Å². The molecule has 1 aromatic rings. The first-order valence-corrected chi connectivity index (χ1v) is 5.18. The summed E-state index contributed by atoms with van der Waals surface area (Å²) in [6.45, 7) is 9.12. The molecule has 0 aliphatic rings. The van der Waals surface area contributed by atoms with E-state index >= 15 is 0 Å². The van der Waals surface area contributed by atoms with Gasteiger partial charge in [0, 0.05) is 17.8 Å². The van der Waals surface area contributed by atoms with Crippen LogP contribution >= 0.6 is 0 Å². The molecule has 0 bridgehead atoms. The van der Waals surface area contributed by atoms with Crippen LogP contribution < -0.4 is 10.1 Å². The Labute approximate surface area is 91.9 Å². The zero-order chi connectivity index (χ0) is 11.5. The first-order chi connectivity index (χ1) is 6.92. The molecule has 3 heteroatoms. The van der Waals surface area contributed by atoms with E-state index < -0.39 is 0 Å². The number of methoxy groups -OCH3 is 1. The number of aryl methyl sites for hydroxylation is 1. The van der Waals surface area contributed by atoms with Crippen LogP contribution in [0.2, 0.25) is 0 Å². The van der Waals surface area contributed by atoms with E-state index in [2.05, 4.69) is 31.1 Å². The van der Waals surface area contributed by atoms with Gasteiger partial charge in [0.2, 0.25) is 0 Å². The molecule has 0 atom stereocenters. The van der Waals surface area contributed by atoms with E-state index in [1.165, 1.54) is 0 Å². The number of hydrogen-bond donors (Lipinski definition) is 1. The third kappa shape index (κ3) is 3.88. The molecule has 0 radical (unpaired) electrons. The van der Waals surface area contributed by atoms with Crippen LogP contribution in [0.3, 0.4) is 0 Å². The van der Waals surface area contributed by atoms with Crippen molar-refractivity contribution in [3.63, 3.8) is 0 Å². The average Bonchev–Trinajstić information content (AvgIpc) is 2.14. The molecule has 1 aromatic heterocycles. The second kappa shape index (κ2) is 4.62. The Balaban J connectivity index is 2.79. The zero-order valence-corrected chi connectivity index (χ0v) is 10.2. The third-order valence-corrected chi connectivity index (χ3v) is 2.08. The normalized spacial score (nSPS) is 11.5. The fourth-order valence-corrected chi connectivity index (χ4v) is 1.26. The summed E-state index contributed by atoms with van der Waals surface area (Å²) in [6, 6.07) is 3.92. The van der Waals surface area contributed by atoms with Gasteiger partial charge in [-0.3, -0.25) is 4.98 Å². The van der Waals surface area contributed by atoms with Crippen LogP contribution in [0.15, 0.2) is 12.1 Å². The monoisotopic (exact) mass is 208 g/mol. The Bertz CT molecular complexity index is 329. The van der Waals surface area contributed by atoms with Gasteiger partial charge in [0.1, 0.15) is 5.75 Å². The Morgan fingerprint density at radius 2 is 2.00 bits per heavy atom. The van der Waals surface area contributed by atoms with Crippen molar-refractivity contribution in [1.82, 2.24) is 10.3 Å². The summed E-state index contributed by atoms with van der Waals surface area (Å²) in [5, 5.41) is 3.40. The fraction of sp³-hybridized carbons (Fsp3) is 0.583. The van der Waals surface area contributed by atoms with Crippen molar-refractivity contribution in [2.24, 2.45) is 0 Å². The standard InChI is InChI=1S/C12H20N2O/c1-9-6-7-11(15-5)10(14-9)8-13-12(2,3)4/h6-7,13H,8H2,1-5H3. The van der Waals surface area contributed by atoms with Gasteiger partial charge in [-0.05, 0) is 39.8 Å². The second-order valence-electron chi connectivity index (χ2n) is 4.71. The van der Waals surface area contributed by atoms with Crippen molar-refractivity contribution in [3.05, 3.63) is 23.5 Å². The maximum absolute atomic E-state index is 5.26. The Morgan fingerprint density at radius 3 is 2.53 bits per heavy atom. The number of nitrogens with zero attached hydrogens (tertiary/aromatic N) is 1. The molecular formula is C12H20N2O. The number of hydrogen-bond acceptors (Lipinski definition) is 3. The maximum atomic E-state index is 5.26. The van der Waals surface area contributed by atoms with Gasteiger partial charge in [-0.2, -0.15) is 0 Å². The van der Waals surface area contributed by atoms with Crippen molar-refractivity contribution in [3.8, 4) is 5.75 Å². The van der Waals surface area contributed by atoms with Crippen LogP contribution in [0.1, 0.15) is 32.2 Å². The second-order valence-corrected chi connectivity index (χ2v) is 4.71. The van der Waals surface area contributed by atoms with Crippen molar-refractivity contribution in [2.45, 2.75) is 39.8 Å². The van der Waals surface area contributed by atoms with Crippen molar-refractivity contribution < 1.29 is 4.74 Å². The molecule has 0 aliphatic carbocycles. The molecule has 15 heavy (non-hydrogen) atoms. The molecule has 1 heterocycles. The molecule has 0 fully saturated rings. The van der Waals surface area contributed by atoms with E-state index in [4.69, 9.17) is 4.74 Å². The van der Waals surface area contributed by atoms with E-state index in [1.807, 2.05) is 19.1 Å². The van der Waals surface area contributed by atoms with Gasteiger partial charge in [-0.25, -0.2) is 0 Å². The summed E-state index contributed by atoms with van der Waals surface area (Å²) in [7, 11) is 1.67. The predicted octanol–water partition coefficient (Wildman–Crippen LogP) is 2.29. The fourth-order valence-electron chi connectivity index (χ4n) is 1.26. The van der Waals surface area contributed by atoms with Gasteiger partial charge in [0.15, 0.2) is 0 Å². The summed E-state index contributed by atoms with van der Waals surface area (Å²) in [5.41, 5.74) is 2.07. The highest BCUT2D eigenvalue weighted by molar-refractivity contribution is 5.29. The lowest BCUT2D eigenvalue weighted by Gasteiger charge is -2.21. The van der Waals surface area contributed by atoms with Gasteiger partial charge >= 0.3 is 0 Å². The van der Waals surface area contributed by atoms with Crippen LogP contribution in [0.5, 0.6) is 5.75 Å². The highest BCUT2D eigenvalue weighted by Gasteiger charge is 2.11. The van der Waals surface area contributed by atoms with E-state index in [1.54, 1.807) is 7.11 Å².